The first-order chi connectivity index (χ1) is 8.37. The molecule has 3 atom stereocenters. The third-order valence-corrected chi connectivity index (χ3v) is 4.83. The normalized spacial score (nSPS) is 38.0. The van der Waals surface area contributed by atoms with Crippen LogP contribution in [0.1, 0.15) is 50.1 Å². The van der Waals surface area contributed by atoms with Gasteiger partial charge in [-0.1, -0.05) is 43.2 Å². The van der Waals surface area contributed by atoms with Crippen LogP contribution in [-0.4, -0.2) is 16.7 Å². The average Bonchev–Trinajstić information content (AvgIpc) is 3.06. The number of hydrogen-bond acceptors (Lipinski definition) is 2. The van der Waals surface area contributed by atoms with Crippen LogP contribution >= 0.6 is 0 Å². The number of hydrogen-bond donors (Lipinski definition) is 0. The number of hydroxylamine groups is 2. The van der Waals surface area contributed by atoms with E-state index in [2.05, 4.69) is 35.4 Å². The SMILES string of the molecule is c1ccc([C@H]2C[C@H]3CC4(CCCC4)N2O3)cc1. The third kappa shape index (κ3) is 1.40. The molecule has 90 valence electrons. The zero-order valence-corrected chi connectivity index (χ0v) is 10.1. The highest BCUT2D eigenvalue weighted by Gasteiger charge is 2.56. The van der Waals surface area contributed by atoms with E-state index in [1.807, 2.05) is 0 Å². The number of rotatable bonds is 1. The van der Waals surface area contributed by atoms with E-state index in [9.17, 15) is 0 Å². The van der Waals surface area contributed by atoms with Gasteiger partial charge in [-0.25, -0.2) is 0 Å². The van der Waals surface area contributed by atoms with Crippen molar-refractivity contribution < 1.29 is 4.84 Å². The van der Waals surface area contributed by atoms with Crippen LogP contribution < -0.4 is 0 Å². The molecule has 3 fully saturated rings. The van der Waals surface area contributed by atoms with Crippen molar-refractivity contribution in [2.45, 2.75) is 56.2 Å². The molecule has 1 aromatic carbocycles. The Labute approximate surface area is 103 Å². The molecular weight excluding hydrogens is 210 g/mol. The Morgan fingerprint density at radius 2 is 1.88 bits per heavy atom. The summed E-state index contributed by atoms with van der Waals surface area (Å²) in [4.78, 5) is 6.11. The smallest absolute Gasteiger partial charge is 0.0831 e. The number of nitrogens with zero attached hydrogens (tertiary/aromatic N) is 1. The van der Waals surface area contributed by atoms with Gasteiger partial charge in [0.05, 0.1) is 12.1 Å². The van der Waals surface area contributed by atoms with Crippen LogP contribution in [0.25, 0.3) is 0 Å². The van der Waals surface area contributed by atoms with Gasteiger partial charge in [-0.3, -0.25) is 4.84 Å². The molecule has 0 amide bonds. The second kappa shape index (κ2) is 3.56. The van der Waals surface area contributed by atoms with E-state index in [1.165, 1.54) is 44.1 Å². The van der Waals surface area contributed by atoms with Gasteiger partial charge in [0.15, 0.2) is 0 Å². The van der Waals surface area contributed by atoms with Crippen LogP contribution in [0.3, 0.4) is 0 Å². The molecule has 2 aliphatic heterocycles. The molecule has 4 rings (SSSR count). The molecule has 3 aliphatic rings. The molecule has 0 aromatic heterocycles. The molecule has 2 heterocycles. The van der Waals surface area contributed by atoms with Crippen LogP contribution in [0.5, 0.6) is 0 Å². The molecule has 1 spiro atoms. The van der Waals surface area contributed by atoms with E-state index in [4.69, 9.17) is 4.84 Å². The van der Waals surface area contributed by atoms with Gasteiger partial charge < -0.3 is 0 Å². The Hall–Kier alpha value is -0.860. The zero-order chi connectivity index (χ0) is 11.3. The summed E-state index contributed by atoms with van der Waals surface area (Å²) in [7, 11) is 0. The molecule has 0 N–H and O–H groups in total. The van der Waals surface area contributed by atoms with Crippen molar-refractivity contribution in [1.82, 2.24) is 5.06 Å². The van der Waals surface area contributed by atoms with Gasteiger partial charge in [0.25, 0.3) is 0 Å². The summed E-state index contributed by atoms with van der Waals surface area (Å²) < 4.78 is 0. The highest BCUT2D eigenvalue weighted by Crippen LogP contribution is 2.55. The van der Waals surface area contributed by atoms with Crippen LogP contribution in [0.4, 0.5) is 0 Å². The van der Waals surface area contributed by atoms with Crippen LogP contribution in [-0.2, 0) is 4.84 Å². The number of benzene rings is 1. The van der Waals surface area contributed by atoms with Crippen LogP contribution in [0, 0.1) is 0 Å². The van der Waals surface area contributed by atoms with Crippen molar-refractivity contribution in [3.05, 3.63) is 35.9 Å². The molecule has 2 nitrogen and oxygen atoms in total. The number of fused-ring (bicyclic) bond motifs is 3. The largest absolute Gasteiger partial charge is 0.294 e. The van der Waals surface area contributed by atoms with Crippen LogP contribution in [0.15, 0.2) is 30.3 Å². The molecule has 17 heavy (non-hydrogen) atoms. The predicted octanol–water partition coefficient (Wildman–Crippen LogP) is 3.45. The fourth-order valence-electron chi connectivity index (χ4n) is 4.10. The van der Waals surface area contributed by atoms with Crippen molar-refractivity contribution in [2.24, 2.45) is 0 Å². The van der Waals surface area contributed by atoms with E-state index in [1.54, 1.807) is 0 Å². The summed E-state index contributed by atoms with van der Waals surface area (Å²) in [6, 6.07) is 11.4. The van der Waals surface area contributed by atoms with Gasteiger partial charge >= 0.3 is 0 Å². The Kier molecular flexibility index (Phi) is 2.12. The van der Waals surface area contributed by atoms with E-state index in [0.29, 0.717) is 17.7 Å². The first-order valence-corrected chi connectivity index (χ1v) is 6.88. The topological polar surface area (TPSA) is 12.5 Å². The van der Waals surface area contributed by atoms with Gasteiger partial charge in [-0.05, 0) is 31.2 Å². The molecule has 1 aliphatic carbocycles. The molecule has 2 heteroatoms. The molecule has 1 saturated carbocycles. The second-order valence-electron chi connectivity index (χ2n) is 5.85. The van der Waals surface area contributed by atoms with Gasteiger partial charge in [0.1, 0.15) is 0 Å². The Morgan fingerprint density at radius 1 is 1.12 bits per heavy atom. The Morgan fingerprint density at radius 3 is 2.59 bits per heavy atom. The lowest BCUT2D eigenvalue weighted by Gasteiger charge is -2.38. The van der Waals surface area contributed by atoms with Gasteiger partial charge in [-0.2, -0.15) is 5.06 Å². The van der Waals surface area contributed by atoms with Gasteiger partial charge in [0, 0.05) is 5.54 Å². The van der Waals surface area contributed by atoms with Crippen molar-refractivity contribution in [1.29, 1.82) is 0 Å². The lowest BCUT2D eigenvalue weighted by atomic mass is 9.82. The van der Waals surface area contributed by atoms with Crippen molar-refractivity contribution in [3.8, 4) is 0 Å². The quantitative estimate of drug-likeness (QED) is 0.731. The van der Waals surface area contributed by atoms with Crippen molar-refractivity contribution in [2.75, 3.05) is 0 Å². The second-order valence-corrected chi connectivity index (χ2v) is 5.85. The maximum absolute atomic E-state index is 6.11. The standard InChI is InChI=1S/C15H19NO/c1-2-6-12(7-3-1)14-10-13-11-15(16(14)17-13)8-4-5-9-15/h1-3,6-7,13-14H,4-5,8-11H2/t13-,14+/m0/s1. The Bertz CT molecular complexity index is 410. The van der Waals surface area contributed by atoms with E-state index in [-0.39, 0.29) is 0 Å². The first kappa shape index (κ1) is 10.1. The molecule has 0 radical (unpaired) electrons. The lowest BCUT2D eigenvalue weighted by molar-refractivity contribution is -0.166. The zero-order valence-electron chi connectivity index (χ0n) is 10.1. The van der Waals surface area contributed by atoms with Gasteiger partial charge in [0.2, 0.25) is 0 Å². The van der Waals surface area contributed by atoms with E-state index < -0.39 is 0 Å². The van der Waals surface area contributed by atoms with Gasteiger partial charge in [-0.15, -0.1) is 0 Å². The van der Waals surface area contributed by atoms with Crippen molar-refractivity contribution in [3.63, 3.8) is 0 Å². The molecule has 2 bridgehead atoms. The minimum Gasteiger partial charge on any atom is -0.294 e. The summed E-state index contributed by atoms with van der Waals surface area (Å²) in [6.45, 7) is 0. The predicted molar refractivity (Wildman–Crippen MR) is 66.3 cm³/mol. The fourth-order valence-corrected chi connectivity index (χ4v) is 4.10. The highest BCUT2D eigenvalue weighted by molar-refractivity contribution is 5.22. The molecule has 2 saturated heterocycles. The maximum Gasteiger partial charge on any atom is 0.0831 e. The molecule has 1 aromatic rings. The molecular formula is C15H19NO. The summed E-state index contributed by atoms with van der Waals surface area (Å²) in [5.41, 5.74) is 1.82. The lowest BCUT2D eigenvalue weighted by Crippen LogP contribution is -2.43. The van der Waals surface area contributed by atoms with Crippen molar-refractivity contribution >= 4 is 0 Å². The van der Waals surface area contributed by atoms with E-state index in [0.717, 1.165) is 0 Å². The fraction of sp³-hybridized carbons (Fsp3) is 0.600. The average molecular weight is 229 g/mol. The minimum atomic E-state index is 0.392. The number of piperidine rings is 1. The first-order valence-electron chi connectivity index (χ1n) is 6.88. The van der Waals surface area contributed by atoms with E-state index >= 15 is 0 Å². The summed E-state index contributed by atoms with van der Waals surface area (Å²) in [5.74, 6) is 0. The minimum absolute atomic E-state index is 0.392. The van der Waals surface area contributed by atoms with Crippen LogP contribution in [0.2, 0.25) is 0 Å². The monoisotopic (exact) mass is 229 g/mol. The Balaban J connectivity index is 1.67. The summed E-state index contributed by atoms with van der Waals surface area (Å²) in [5, 5.41) is 2.38. The summed E-state index contributed by atoms with van der Waals surface area (Å²) in [6.07, 6.45) is 8.39. The summed E-state index contributed by atoms with van der Waals surface area (Å²) >= 11 is 0. The maximum atomic E-state index is 6.11. The highest BCUT2D eigenvalue weighted by atomic mass is 16.7. The molecule has 1 unspecified atom stereocenters. The third-order valence-electron chi connectivity index (χ3n) is 4.83.